The van der Waals surface area contributed by atoms with Gasteiger partial charge in [-0.2, -0.15) is 0 Å². The fraction of sp³-hybridized carbons (Fsp3) is 0.0769. The highest BCUT2D eigenvalue weighted by Crippen LogP contribution is 2.17. The second-order valence-corrected chi connectivity index (χ2v) is 3.17. The number of ether oxygens (including phenoxy) is 1. The minimum atomic E-state index is 0.0977. The Hall–Kier alpha value is -1.96. The number of phenolic OH excluding ortho intramolecular Hbond substituents is 1. The van der Waals surface area contributed by atoms with Crippen molar-refractivity contribution < 1.29 is 9.84 Å². The predicted molar refractivity (Wildman–Crippen MR) is 57.7 cm³/mol. The lowest BCUT2D eigenvalue weighted by molar-refractivity contribution is 0.303. The summed E-state index contributed by atoms with van der Waals surface area (Å²) in [4.78, 5) is 0. The Balaban J connectivity index is 1.99. The van der Waals surface area contributed by atoms with Gasteiger partial charge in [0.15, 0.2) is 0 Å². The average molecular weight is 199 g/mol. The number of benzene rings is 2. The van der Waals surface area contributed by atoms with Crippen LogP contribution in [0, 0.1) is 6.07 Å². The Bertz CT molecular complexity index is 424. The normalized spacial score (nSPS) is 9.87. The highest BCUT2D eigenvalue weighted by molar-refractivity contribution is 5.30. The summed E-state index contributed by atoms with van der Waals surface area (Å²) < 4.78 is 5.46. The van der Waals surface area contributed by atoms with Crippen LogP contribution in [0.1, 0.15) is 5.56 Å². The third-order valence-electron chi connectivity index (χ3n) is 1.99. The van der Waals surface area contributed by atoms with Crippen molar-refractivity contribution in [2.45, 2.75) is 6.61 Å². The van der Waals surface area contributed by atoms with Crippen molar-refractivity contribution in [2.24, 2.45) is 0 Å². The summed E-state index contributed by atoms with van der Waals surface area (Å²) in [6, 6.07) is 17.6. The van der Waals surface area contributed by atoms with Crippen molar-refractivity contribution >= 4 is 0 Å². The monoisotopic (exact) mass is 199 g/mol. The Morgan fingerprint density at radius 3 is 2.53 bits per heavy atom. The summed E-state index contributed by atoms with van der Waals surface area (Å²) >= 11 is 0. The summed E-state index contributed by atoms with van der Waals surface area (Å²) in [5.41, 5.74) is 1.09. The molecule has 2 aromatic carbocycles. The number of hydrogen-bond acceptors (Lipinski definition) is 2. The van der Waals surface area contributed by atoms with Gasteiger partial charge in [0.2, 0.25) is 0 Å². The van der Waals surface area contributed by atoms with Crippen molar-refractivity contribution in [2.75, 3.05) is 0 Å². The van der Waals surface area contributed by atoms with Gasteiger partial charge in [0.25, 0.3) is 0 Å². The van der Waals surface area contributed by atoms with Crippen molar-refractivity contribution in [3.8, 4) is 11.5 Å². The van der Waals surface area contributed by atoms with E-state index in [1.165, 1.54) is 0 Å². The second-order valence-electron chi connectivity index (χ2n) is 3.17. The molecule has 0 fully saturated rings. The maximum Gasteiger partial charge on any atom is 0.131 e. The molecule has 0 aliphatic heterocycles. The molecule has 0 amide bonds. The molecular formula is C13H11O2. The van der Waals surface area contributed by atoms with E-state index in [0.29, 0.717) is 12.4 Å². The smallest absolute Gasteiger partial charge is 0.131 e. The van der Waals surface area contributed by atoms with Crippen LogP contribution in [0.25, 0.3) is 0 Å². The Kier molecular flexibility index (Phi) is 2.88. The summed E-state index contributed by atoms with van der Waals surface area (Å²) in [6.07, 6.45) is 0. The number of aromatic hydroxyl groups is 1. The quantitative estimate of drug-likeness (QED) is 0.823. The van der Waals surface area contributed by atoms with E-state index in [0.717, 1.165) is 5.56 Å². The topological polar surface area (TPSA) is 29.5 Å². The molecule has 0 spiro atoms. The lowest BCUT2D eigenvalue weighted by Gasteiger charge is -2.05. The molecule has 1 N–H and O–H groups in total. The summed E-state index contributed by atoms with van der Waals surface area (Å²) in [6.45, 7) is 0.487. The molecule has 15 heavy (non-hydrogen) atoms. The van der Waals surface area contributed by atoms with Gasteiger partial charge in [-0.3, -0.25) is 0 Å². The first-order valence-electron chi connectivity index (χ1n) is 4.72. The lowest BCUT2D eigenvalue weighted by atomic mass is 10.2. The van der Waals surface area contributed by atoms with Gasteiger partial charge in [0.1, 0.15) is 18.1 Å². The first-order valence-corrected chi connectivity index (χ1v) is 4.72. The zero-order valence-corrected chi connectivity index (χ0v) is 8.18. The third kappa shape index (κ3) is 2.74. The first kappa shape index (κ1) is 9.59. The lowest BCUT2D eigenvalue weighted by Crippen LogP contribution is -1.94. The minimum absolute atomic E-state index is 0.0977. The van der Waals surface area contributed by atoms with E-state index in [9.17, 15) is 5.11 Å². The van der Waals surface area contributed by atoms with Crippen LogP contribution in [0.5, 0.6) is 11.5 Å². The fourth-order valence-electron chi connectivity index (χ4n) is 1.26. The molecule has 0 atom stereocenters. The Labute approximate surface area is 88.8 Å². The van der Waals surface area contributed by atoms with Crippen LogP contribution in [0.3, 0.4) is 0 Å². The van der Waals surface area contributed by atoms with Gasteiger partial charge in [0, 0.05) is 0 Å². The zero-order valence-electron chi connectivity index (χ0n) is 8.18. The van der Waals surface area contributed by atoms with Crippen molar-refractivity contribution in [1.29, 1.82) is 0 Å². The van der Waals surface area contributed by atoms with Crippen LogP contribution in [0.2, 0.25) is 0 Å². The maximum atomic E-state index is 9.17. The molecule has 2 rings (SSSR count). The molecule has 0 aliphatic carbocycles. The maximum absolute atomic E-state index is 9.17. The molecule has 1 radical (unpaired) electrons. The Morgan fingerprint density at radius 2 is 1.80 bits per heavy atom. The van der Waals surface area contributed by atoms with Gasteiger partial charge in [-0.1, -0.05) is 36.4 Å². The van der Waals surface area contributed by atoms with E-state index in [1.807, 2.05) is 30.3 Å². The first-order chi connectivity index (χ1) is 7.34. The molecule has 2 nitrogen and oxygen atoms in total. The van der Waals surface area contributed by atoms with E-state index in [1.54, 1.807) is 18.2 Å². The van der Waals surface area contributed by atoms with Crippen LogP contribution in [-0.2, 0) is 6.61 Å². The second kappa shape index (κ2) is 4.51. The number of phenols is 1. The Morgan fingerprint density at radius 1 is 1.00 bits per heavy atom. The van der Waals surface area contributed by atoms with Crippen molar-refractivity contribution in [3.63, 3.8) is 0 Å². The predicted octanol–water partition coefficient (Wildman–Crippen LogP) is 2.77. The number of rotatable bonds is 3. The van der Waals surface area contributed by atoms with Gasteiger partial charge >= 0.3 is 0 Å². The molecule has 0 aliphatic rings. The van der Waals surface area contributed by atoms with Gasteiger partial charge in [-0.05, 0) is 17.7 Å². The van der Waals surface area contributed by atoms with Crippen molar-refractivity contribution in [3.05, 3.63) is 60.2 Å². The third-order valence-corrected chi connectivity index (χ3v) is 1.99. The van der Waals surface area contributed by atoms with Crippen LogP contribution < -0.4 is 4.74 Å². The van der Waals surface area contributed by atoms with Gasteiger partial charge < -0.3 is 9.84 Å². The highest BCUT2D eigenvalue weighted by Gasteiger charge is 1.96. The molecule has 0 bridgehead atoms. The zero-order chi connectivity index (χ0) is 10.5. The SMILES string of the molecule is Oc1[c]c(OCc2ccccc2)ccc1. The van der Waals surface area contributed by atoms with Gasteiger partial charge in [-0.25, -0.2) is 0 Å². The average Bonchev–Trinajstić information content (AvgIpc) is 2.28. The van der Waals surface area contributed by atoms with Crippen LogP contribution in [-0.4, -0.2) is 5.11 Å². The molecular weight excluding hydrogens is 188 g/mol. The molecule has 2 aromatic rings. The van der Waals surface area contributed by atoms with Gasteiger partial charge in [-0.15, -0.1) is 0 Å². The summed E-state index contributed by atoms with van der Waals surface area (Å²) in [7, 11) is 0. The molecule has 75 valence electrons. The minimum Gasteiger partial charge on any atom is -0.507 e. The van der Waals surface area contributed by atoms with Crippen molar-refractivity contribution in [1.82, 2.24) is 0 Å². The highest BCUT2D eigenvalue weighted by atomic mass is 16.5. The van der Waals surface area contributed by atoms with E-state index in [2.05, 4.69) is 6.07 Å². The fourth-order valence-corrected chi connectivity index (χ4v) is 1.26. The van der Waals surface area contributed by atoms with Gasteiger partial charge in [0.05, 0.1) is 6.07 Å². The summed E-state index contributed by atoms with van der Waals surface area (Å²) in [5.74, 6) is 0.652. The van der Waals surface area contributed by atoms with Crippen LogP contribution in [0.4, 0.5) is 0 Å². The number of hydrogen-bond donors (Lipinski definition) is 1. The van der Waals surface area contributed by atoms with Crippen LogP contribution >= 0.6 is 0 Å². The standard InChI is InChI=1S/C13H11O2/c14-12-7-4-8-13(9-12)15-10-11-5-2-1-3-6-11/h1-8,14H,10H2. The van der Waals surface area contributed by atoms with E-state index in [4.69, 9.17) is 4.74 Å². The molecule has 0 aromatic heterocycles. The molecule has 0 saturated carbocycles. The van der Waals surface area contributed by atoms with E-state index in [-0.39, 0.29) is 5.75 Å². The molecule has 2 heteroatoms. The molecule has 0 unspecified atom stereocenters. The molecule has 0 heterocycles. The van der Waals surface area contributed by atoms with E-state index < -0.39 is 0 Å². The van der Waals surface area contributed by atoms with E-state index >= 15 is 0 Å². The summed E-state index contributed by atoms with van der Waals surface area (Å²) in [5, 5.41) is 9.17. The van der Waals surface area contributed by atoms with Crippen LogP contribution in [0.15, 0.2) is 48.5 Å². The molecule has 0 saturated heterocycles. The largest absolute Gasteiger partial charge is 0.507 e.